The number of rotatable bonds is 6. The van der Waals surface area contributed by atoms with Gasteiger partial charge in [-0.25, -0.2) is 4.79 Å². The molecule has 1 N–H and O–H groups in total. The van der Waals surface area contributed by atoms with Gasteiger partial charge in [0.15, 0.2) is 0 Å². The Balaban J connectivity index is 2.67. The molecular weight excluding hydrogens is 210 g/mol. The Morgan fingerprint density at radius 2 is 1.88 bits per heavy atom. The average molecular weight is 225 g/mol. The minimum atomic E-state index is -1.12. The van der Waals surface area contributed by atoms with Crippen LogP contribution in [0.3, 0.4) is 0 Å². The maximum absolute atomic E-state index is 11.3. The summed E-state index contributed by atoms with van der Waals surface area (Å²) in [6.45, 7) is 2.00. The topological polar surface area (TPSA) is 74.7 Å². The van der Waals surface area contributed by atoms with Crippen molar-refractivity contribution in [3.63, 3.8) is 0 Å². The number of amides is 2. The molecule has 0 spiro atoms. The van der Waals surface area contributed by atoms with E-state index in [9.17, 15) is 14.4 Å². The summed E-state index contributed by atoms with van der Waals surface area (Å²) in [6, 6.07) is -1.03. The summed E-state index contributed by atoms with van der Waals surface area (Å²) in [5, 5.41) is 8.99. The van der Waals surface area contributed by atoms with Crippen molar-refractivity contribution in [1.82, 2.24) is 4.90 Å². The zero-order chi connectivity index (χ0) is 12.1. The summed E-state index contributed by atoms with van der Waals surface area (Å²) in [6.07, 6.45) is 5.10. The molecule has 2 amide bonds. The summed E-state index contributed by atoms with van der Waals surface area (Å²) in [7, 11) is 0. The predicted octanol–water partition coefficient (Wildman–Crippen LogP) is 0.945. The largest absolute Gasteiger partial charge is 0.480 e. The van der Waals surface area contributed by atoms with Gasteiger partial charge in [-0.05, 0) is 6.42 Å². The highest BCUT2D eigenvalue weighted by Gasteiger charge is 2.35. The molecule has 5 heteroatoms. The van der Waals surface area contributed by atoms with E-state index in [0.717, 1.165) is 29.9 Å². The maximum atomic E-state index is 11.3. The van der Waals surface area contributed by atoms with Crippen molar-refractivity contribution in [1.29, 1.82) is 0 Å². The second-order valence-electron chi connectivity index (χ2n) is 3.73. The van der Waals surface area contributed by atoms with Gasteiger partial charge in [0.1, 0.15) is 6.04 Å². The summed E-state index contributed by atoms with van der Waals surface area (Å²) in [5.74, 6) is -2.19. The van der Waals surface area contributed by atoms with Crippen molar-refractivity contribution in [3.05, 3.63) is 12.2 Å². The maximum Gasteiger partial charge on any atom is 0.326 e. The first-order valence-corrected chi connectivity index (χ1v) is 5.36. The van der Waals surface area contributed by atoms with Gasteiger partial charge < -0.3 is 5.11 Å². The smallest absolute Gasteiger partial charge is 0.326 e. The van der Waals surface area contributed by atoms with E-state index >= 15 is 0 Å². The lowest BCUT2D eigenvalue weighted by molar-refractivity contribution is -0.153. The zero-order valence-electron chi connectivity index (χ0n) is 9.18. The van der Waals surface area contributed by atoms with Crippen LogP contribution in [0.1, 0.15) is 32.6 Å². The average Bonchev–Trinajstić information content (AvgIpc) is 2.54. The first-order valence-electron chi connectivity index (χ1n) is 5.36. The second kappa shape index (κ2) is 5.44. The highest BCUT2D eigenvalue weighted by Crippen LogP contribution is 2.15. The van der Waals surface area contributed by atoms with E-state index in [1.165, 1.54) is 0 Å². The van der Waals surface area contributed by atoms with E-state index < -0.39 is 23.8 Å². The van der Waals surface area contributed by atoms with Gasteiger partial charge in [-0.2, -0.15) is 0 Å². The molecule has 1 unspecified atom stereocenters. The molecule has 0 aromatic heterocycles. The molecular formula is C11H15NO4. The molecule has 0 aromatic rings. The van der Waals surface area contributed by atoms with E-state index in [0.29, 0.717) is 12.8 Å². The van der Waals surface area contributed by atoms with Crippen LogP contribution in [-0.2, 0) is 14.4 Å². The first-order chi connectivity index (χ1) is 7.57. The molecule has 5 nitrogen and oxygen atoms in total. The Hall–Kier alpha value is -1.65. The molecule has 1 atom stereocenters. The molecule has 0 fully saturated rings. The standard InChI is InChI=1S/C11H15NO4/c1-2-3-4-5-8(11(15)16)12-9(13)6-7-10(12)14/h6-8H,2-5H2,1H3,(H,15,16). The van der Waals surface area contributed by atoms with Crippen molar-refractivity contribution < 1.29 is 19.5 Å². The number of carbonyl (C=O) groups is 3. The van der Waals surface area contributed by atoms with Gasteiger partial charge in [0.2, 0.25) is 0 Å². The number of carbonyl (C=O) groups excluding carboxylic acids is 2. The lowest BCUT2D eigenvalue weighted by Crippen LogP contribution is -2.44. The molecule has 88 valence electrons. The normalized spacial score (nSPS) is 16.9. The van der Waals surface area contributed by atoms with E-state index in [2.05, 4.69) is 0 Å². The first kappa shape index (κ1) is 12.4. The van der Waals surface area contributed by atoms with Crippen molar-refractivity contribution in [3.8, 4) is 0 Å². The lowest BCUT2D eigenvalue weighted by atomic mass is 10.1. The van der Waals surface area contributed by atoms with Gasteiger partial charge in [0, 0.05) is 12.2 Å². The third kappa shape index (κ3) is 2.68. The highest BCUT2D eigenvalue weighted by molar-refractivity contribution is 6.14. The molecule has 0 radical (unpaired) electrons. The van der Waals surface area contributed by atoms with Crippen LogP contribution in [0.25, 0.3) is 0 Å². The van der Waals surface area contributed by atoms with Crippen molar-refractivity contribution in [2.75, 3.05) is 0 Å². The van der Waals surface area contributed by atoms with Crippen LogP contribution in [0.15, 0.2) is 12.2 Å². The molecule has 1 aliphatic heterocycles. The number of imide groups is 1. The molecule has 1 heterocycles. The fourth-order valence-corrected chi connectivity index (χ4v) is 1.67. The predicted molar refractivity (Wildman–Crippen MR) is 56.6 cm³/mol. The second-order valence-corrected chi connectivity index (χ2v) is 3.73. The molecule has 16 heavy (non-hydrogen) atoms. The van der Waals surface area contributed by atoms with Crippen LogP contribution in [0, 0.1) is 0 Å². The molecule has 0 bridgehead atoms. The Kier molecular flexibility index (Phi) is 4.22. The van der Waals surface area contributed by atoms with Gasteiger partial charge in [0.25, 0.3) is 11.8 Å². The SMILES string of the molecule is CCCCCC(C(=O)O)N1C(=O)C=CC1=O. The summed E-state index contributed by atoms with van der Waals surface area (Å²) < 4.78 is 0. The fourth-order valence-electron chi connectivity index (χ4n) is 1.67. The van der Waals surface area contributed by atoms with Gasteiger partial charge in [-0.3, -0.25) is 14.5 Å². The van der Waals surface area contributed by atoms with Crippen LogP contribution in [0.4, 0.5) is 0 Å². The Morgan fingerprint density at radius 1 is 1.31 bits per heavy atom. The van der Waals surface area contributed by atoms with E-state index in [1.807, 2.05) is 6.92 Å². The van der Waals surface area contributed by atoms with Gasteiger partial charge >= 0.3 is 5.97 Å². The molecule has 0 saturated heterocycles. The fraction of sp³-hybridized carbons (Fsp3) is 0.545. The Morgan fingerprint density at radius 3 is 2.31 bits per heavy atom. The Labute approximate surface area is 93.7 Å². The molecule has 0 aliphatic carbocycles. The number of carboxylic acid groups (broad SMARTS) is 1. The number of hydrogen-bond donors (Lipinski definition) is 1. The summed E-state index contributed by atoms with van der Waals surface area (Å²) in [5.41, 5.74) is 0. The minimum absolute atomic E-state index is 0.322. The van der Waals surface area contributed by atoms with Gasteiger partial charge in [-0.15, -0.1) is 0 Å². The van der Waals surface area contributed by atoms with Gasteiger partial charge in [0.05, 0.1) is 0 Å². The monoisotopic (exact) mass is 225 g/mol. The van der Waals surface area contributed by atoms with Crippen LogP contribution in [-0.4, -0.2) is 33.8 Å². The lowest BCUT2D eigenvalue weighted by Gasteiger charge is -2.22. The third-order valence-electron chi connectivity index (χ3n) is 2.52. The summed E-state index contributed by atoms with van der Waals surface area (Å²) >= 11 is 0. The molecule has 0 saturated carbocycles. The number of unbranched alkanes of at least 4 members (excludes halogenated alkanes) is 2. The van der Waals surface area contributed by atoms with Crippen LogP contribution in [0.2, 0.25) is 0 Å². The van der Waals surface area contributed by atoms with Crippen molar-refractivity contribution in [2.45, 2.75) is 38.6 Å². The van der Waals surface area contributed by atoms with Crippen LogP contribution >= 0.6 is 0 Å². The summed E-state index contributed by atoms with van der Waals surface area (Å²) in [4.78, 5) is 34.5. The highest BCUT2D eigenvalue weighted by atomic mass is 16.4. The zero-order valence-corrected chi connectivity index (χ0v) is 9.18. The number of hydrogen-bond acceptors (Lipinski definition) is 3. The quantitative estimate of drug-likeness (QED) is 0.539. The van der Waals surface area contributed by atoms with Crippen molar-refractivity contribution in [2.24, 2.45) is 0 Å². The van der Waals surface area contributed by atoms with Crippen molar-refractivity contribution >= 4 is 17.8 Å². The van der Waals surface area contributed by atoms with Crippen LogP contribution in [0.5, 0.6) is 0 Å². The Bertz CT molecular complexity index is 317. The number of nitrogens with zero attached hydrogens (tertiary/aromatic N) is 1. The molecule has 0 aromatic carbocycles. The third-order valence-corrected chi connectivity index (χ3v) is 2.52. The van der Waals surface area contributed by atoms with E-state index in [-0.39, 0.29) is 0 Å². The van der Waals surface area contributed by atoms with Gasteiger partial charge in [-0.1, -0.05) is 26.2 Å². The minimum Gasteiger partial charge on any atom is -0.480 e. The molecule has 1 rings (SSSR count). The van der Waals surface area contributed by atoms with E-state index in [4.69, 9.17) is 5.11 Å². The van der Waals surface area contributed by atoms with Crippen LogP contribution < -0.4 is 0 Å². The number of carboxylic acids is 1. The van der Waals surface area contributed by atoms with E-state index in [1.54, 1.807) is 0 Å². The number of aliphatic carboxylic acids is 1. The molecule has 1 aliphatic rings.